The third-order valence-electron chi connectivity index (χ3n) is 6.47. The molecule has 2 aliphatic rings. The van der Waals surface area contributed by atoms with Crippen molar-refractivity contribution >= 4 is 5.96 Å². The van der Waals surface area contributed by atoms with Gasteiger partial charge in [-0.3, -0.25) is 14.8 Å². The minimum absolute atomic E-state index is 0.316. The van der Waals surface area contributed by atoms with Crippen LogP contribution in [0, 0.1) is 0 Å². The average Bonchev–Trinajstić information content (AvgIpc) is 3.31. The number of aliphatic imine (C=N–C) groups is 1. The number of hydrogen-bond acceptors (Lipinski definition) is 5. The number of nitrogens with one attached hydrogen (secondary N) is 2. The van der Waals surface area contributed by atoms with E-state index < -0.39 is 0 Å². The van der Waals surface area contributed by atoms with Crippen LogP contribution in [0.5, 0.6) is 5.75 Å². The van der Waals surface area contributed by atoms with Crippen LogP contribution in [0.1, 0.15) is 31.4 Å². The Bertz CT molecular complexity index is 667. The Balaban J connectivity index is 1.55. The van der Waals surface area contributed by atoms with Crippen molar-refractivity contribution in [1.29, 1.82) is 0 Å². The second-order valence-corrected chi connectivity index (χ2v) is 8.56. The van der Waals surface area contributed by atoms with Crippen LogP contribution in [0.15, 0.2) is 29.3 Å². The summed E-state index contributed by atoms with van der Waals surface area (Å²) in [5, 5.41) is 7.12. The van der Waals surface area contributed by atoms with Crippen LogP contribution in [0.3, 0.4) is 0 Å². The monoisotopic (exact) mass is 416 g/mol. The molecule has 30 heavy (non-hydrogen) atoms. The fourth-order valence-electron chi connectivity index (χ4n) is 4.41. The molecule has 0 saturated carbocycles. The highest BCUT2D eigenvalue weighted by Gasteiger charge is 2.24. The molecule has 7 heteroatoms. The Hall–Kier alpha value is -1.83. The molecule has 7 nitrogen and oxygen atoms in total. The van der Waals surface area contributed by atoms with Crippen LogP contribution in [0.25, 0.3) is 0 Å². The van der Waals surface area contributed by atoms with Gasteiger partial charge in [0.15, 0.2) is 5.96 Å². The highest BCUT2D eigenvalue weighted by atomic mass is 16.5. The summed E-state index contributed by atoms with van der Waals surface area (Å²) in [5.41, 5.74) is 1.30. The molecule has 0 bridgehead atoms. The van der Waals surface area contributed by atoms with Gasteiger partial charge >= 0.3 is 0 Å². The number of rotatable bonds is 8. The van der Waals surface area contributed by atoms with Gasteiger partial charge in [-0.1, -0.05) is 12.1 Å². The predicted octanol–water partition coefficient (Wildman–Crippen LogP) is 1.63. The summed E-state index contributed by atoms with van der Waals surface area (Å²) in [5.74, 6) is 1.79. The van der Waals surface area contributed by atoms with Crippen molar-refractivity contribution in [3.05, 3.63) is 29.8 Å². The minimum Gasteiger partial charge on any atom is -0.497 e. The summed E-state index contributed by atoms with van der Waals surface area (Å²) in [7, 11) is 5.78. The van der Waals surface area contributed by atoms with E-state index in [4.69, 9.17) is 4.74 Å². The molecule has 2 N–H and O–H groups in total. The number of methoxy groups -OCH3 is 1. The number of piperazine rings is 1. The van der Waals surface area contributed by atoms with Crippen molar-refractivity contribution in [2.75, 3.05) is 73.6 Å². The van der Waals surface area contributed by atoms with E-state index in [2.05, 4.69) is 62.5 Å². The molecule has 2 unspecified atom stereocenters. The van der Waals surface area contributed by atoms with Crippen molar-refractivity contribution in [2.45, 2.75) is 31.8 Å². The van der Waals surface area contributed by atoms with Crippen molar-refractivity contribution in [3.63, 3.8) is 0 Å². The number of benzene rings is 1. The lowest BCUT2D eigenvalue weighted by Gasteiger charge is -2.36. The number of likely N-dealkylation sites (tertiary alicyclic amines) is 1. The molecule has 0 aliphatic carbocycles. The second-order valence-electron chi connectivity index (χ2n) is 8.56. The Labute approximate surface area is 182 Å². The van der Waals surface area contributed by atoms with Gasteiger partial charge in [0, 0.05) is 52.4 Å². The number of ether oxygens (including phenoxy) is 1. The van der Waals surface area contributed by atoms with Crippen LogP contribution in [0.4, 0.5) is 0 Å². The van der Waals surface area contributed by atoms with Crippen LogP contribution in [0.2, 0.25) is 0 Å². The summed E-state index contributed by atoms with van der Waals surface area (Å²) in [6, 6.07) is 9.27. The van der Waals surface area contributed by atoms with Crippen molar-refractivity contribution in [1.82, 2.24) is 25.3 Å². The van der Waals surface area contributed by atoms with E-state index in [0.717, 1.165) is 64.1 Å². The maximum Gasteiger partial charge on any atom is 0.191 e. The summed E-state index contributed by atoms with van der Waals surface area (Å²) >= 11 is 0. The first-order valence-corrected chi connectivity index (χ1v) is 11.4. The van der Waals surface area contributed by atoms with Gasteiger partial charge in [-0.15, -0.1) is 0 Å². The number of nitrogens with zero attached hydrogens (tertiary/aromatic N) is 4. The molecule has 2 fully saturated rings. The van der Waals surface area contributed by atoms with Crippen molar-refractivity contribution < 1.29 is 4.74 Å². The first kappa shape index (κ1) is 22.8. The number of hydrogen-bond donors (Lipinski definition) is 2. The van der Waals surface area contributed by atoms with E-state index >= 15 is 0 Å². The molecule has 168 valence electrons. The minimum atomic E-state index is 0.316. The molecule has 2 atom stereocenters. The fraction of sp³-hybridized carbons (Fsp3) is 0.696. The van der Waals surface area contributed by atoms with E-state index in [9.17, 15) is 0 Å². The van der Waals surface area contributed by atoms with E-state index in [1.807, 2.05) is 13.1 Å². The van der Waals surface area contributed by atoms with Crippen molar-refractivity contribution in [3.8, 4) is 5.75 Å². The van der Waals surface area contributed by atoms with Crippen LogP contribution in [-0.4, -0.2) is 100 Å². The van der Waals surface area contributed by atoms with Gasteiger partial charge in [0.2, 0.25) is 0 Å². The summed E-state index contributed by atoms with van der Waals surface area (Å²) < 4.78 is 5.46. The number of likely N-dealkylation sites (N-methyl/N-ethyl adjacent to an activating group) is 1. The van der Waals surface area contributed by atoms with Gasteiger partial charge in [0.1, 0.15) is 5.75 Å². The van der Waals surface area contributed by atoms with E-state index in [1.54, 1.807) is 7.11 Å². The molecule has 0 spiro atoms. The zero-order valence-corrected chi connectivity index (χ0v) is 19.2. The Kier molecular flexibility index (Phi) is 8.78. The third-order valence-corrected chi connectivity index (χ3v) is 6.47. The lowest BCUT2D eigenvalue weighted by molar-refractivity contribution is 0.120. The maximum absolute atomic E-state index is 5.46. The Morgan fingerprint density at radius 3 is 2.40 bits per heavy atom. The van der Waals surface area contributed by atoms with Gasteiger partial charge in [-0.05, 0) is 57.6 Å². The lowest BCUT2D eigenvalue weighted by Crippen LogP contribution is -2.52. The predicted molar refractivity (Wildman–Crippen MR) is 124 cm³/mol. The fourth-order valence-corrected chi connectivity index (χ4v) is 4.41. The summed E-state index contributed by atoms with van der Waals surface area (Å²) in [4.78, 5) is 12.0. The van der Waals surface area contributed by atoms with E-state index in [-0.39, 0.29) is 0 Å². The largest absolute Gasteiger partial charge is 0.497 e. The zero-order chi connectivity index (χ0) is 21.3. The highest BCUT2D eigenvalue weighted by Crippen LogP contribution is 2.27. The average molecular weight is 417 g/mol. The standard InChI is InChI=1S/C23H40N6O/c1-19(28-14-12-27(3)13-15-28)17-25-23(24-2)26-18-22(29-10-5-6-11-29)20-8-7-9-21(16-20)30-4/h7-9,16,19,22H,5-6,10-15,17-18H2,1-4H3,(H2,24,25,26). The van der Waals surface area contributed by atoms with Gasteiger partial charge in [0.05, 0.1) is 13.2 Å². The molecule has 3 rings (SSSR count). The first-order valence-electron chi connectivity index (χ1n) is 11.4. The molecule has 1 aromatic carbocycles. The molecular formula is C23H40N6O. The molecule has 0 radical (unpaired) electrons. The molecular weight excluding hydrogens is 376 g/mol. The van der Waals surface area contributed by atoms with E-state index in [0.29, 0.717) is 12.1 Å². The van der Waals surface area contributed by atoms with Crippen molar-refractivity contribution in [2.24, 2.45) is 4.99 Å². The third kappa shape index (κ3) is 6.33. The van der Waals surface area contributed by atoms with Gasteiger partial charge in [-0.25, -0.2) is 0 Å². The first-order chi connectivity index (χ1) is 14.6. The molecule has 0 aromatic heterocycles. The van der Waals surface area contributed by atoms with Gasteiger partial charge < -0.3 is 20.3 Å². The smallest absolute Gasteiger partial charge is 0.191 e. The lowest BCUT2D eigenvalue weighted by atomic mass is 10.1. The highest BCUT2D eigenvalue weighted by molar-refractivity contribution is 5.79. The summed E-state index contributed by atoms with van der Waals surface area (Å²) in [6.45, 7) is 10.9. The quantitative estimate of drug-likeness (QED) is 0.496. The zero-order valence-electron chi connectivity index (χ0n) is 19.2. The van der Waals surface area contributed by atoms with Gasteiger partial charge in [-0.2, -0.15) is 0 Å². The Morgan fingerprint density at radius 2 is 1.73 bits per heavy atom. The van der Waals surface area contributed by atoms with Gasteiger partial charge in [0.25, 0.3) is 0 Å². The molecule has 2 heterocycles. The molecule has 2 aliphatic heterocycles. The second kappa shape index (κ2) is 11.5. The molecule has 1 aromatic rings. The maximum atomic E-state index is 5.46. The Morgan fingerprint density at radius 1 is 1.03 bits per heavy atom. The van der Waals surface area contributed by atoms with E-state index in [1.165, 1.54) is 18.4 Å². The number of guanidine groups is 1. The summed E-state index contributed by atoms with van der Waals surface area (Å²) in [6.07, 6.45) is 2.55. The van der Waals surface area contributed by atoms with Crippen LogP contribution in [-0.2, 0) is 0 Å². The van der Waals surface area contributed by atoms with Crippen LogP contribution < -0.4 is 15.4 Å². The SMILES string of the molecule is CN=C(NCC(C)N1CCN(C)CC1)NCC(c1cccc(OC)c1)N1CCCC1. The molecule has 2 saturated heterocycles. The topological polar surface area (TPSA) is 55.4 Å². The van der Waals surface area contributed by atoms with Crippen LogP contribution >= 0.6 is 0 Å². The normalized spacial score (nSPS) is 21.4. The molecule has 0 amide bonds.